The number of nitrogens with zero attached hydrogens (tertiary/aromatic N) is 5. The Kier molecular flexibility index (Phi) is 8.06. The number of carbonyl (C=O) groups excluding carboxylic acids is 3. The van der Waals surface area contributed by atoms with Gasteiger partial charge >= 0.3 is 5.97 Å². The van der Waals surface area contributed by atoms with Crippen molar-refractivity contribution in [3.05, 3.63) is 38.8 Å². The smallest absolute Gasteiger partial charge is 0.333 e. The number of carbonyl (C=O) groups is 3. The van der Waals surface area contributed by atoms with Gasteiger partial charge < -0.3 is 10.2 Å². The van der Waals surface area contributed by atoms with E-state index in [1.54, 1.807) is 0 Å². The molecule has 1 heterocycles. The molecule has 0 spiro atoms. The third-order valence-corrected chi connectivity index (χ3v) is 5.41. The van der Waals surface area contributed by atoms with E-state index in [4.69, 9.17) is 10.1 Å². The van der Waals surface area contributed by atoms with E-state index in [9.17, 15) is 32.9 Å². The molecule has 2 amide bonds. The minimum absolute atomic E-state index is 0.0431. The monoisotopic (exact) mass is 470 g/mol. The number of azide groups is 1. The lowest BCUT2D eigenvalue weighted by Gasteiger charge is -2.13. The summed E-state index contributed by atoms with van der Waals surface area (Å²) in [5, 5.41) is 15.4. The molecule has 2 N–H and O–H groups in total. The maximum Gasteiger partial charge on any atom is 0.333 e. The molecule has 1 aliphatic heterocycles. The molecule has 1 aliphatic rings. The van der Waals surface area contributed by atoms with Gasteiger partial charge in [0.25, 0.3) is 27.6 Å². The number of hydrogen-bond donors (Lipinski definition) is 2. The normalized spacial score (nSPS) is 15.9. The molecule has 0 aliphatic carbocycles. The Morgan fingerprint density at radius 3 is 2.69 bits per heavy atom. The molecule has 172 valence electrons. The number of unbranched alkanes of at least 4 members (excludes halogenated alkanes) is 2. The van der Waals surface area contributed by atoms with Crippen LogP contribution in [0, 0.1) is 10.1 Å². The lowest BCUT2D eigenvalue weighted by Crippen LogP contribution is -2.36. The lowest BCUT2D eigenvalue weighted by atomic mass is 10.2. The van der Waals surface area contributed by atoms with Gasteiger partial charge in [-0.25, -0.2) is 4.79 Å². The van der Waals surface area contributed by atoms with Crippen LogP contribution in [0.25, 0.3) is 10.4 Å². The third kappa shape index (κ3) is 6.37. The molecule has 1 fully saturated rings. The number of amides is 2. The lowest BCUT2D eigenvalue weighted by molar-refractivity contribution is -0.383. The average molecular weight is 470 g/mol. The van der Waals surface area contributed by atoms with Gasteiger partial charge in [-0.05, 0) is 24.4 Å². The number of nitro benzene ring substituents is 1. The van der Waals surface area contributed by atoms with Crippen LogP contribution in [0.2, 0.25) is 0 Å². The van der Waals surface area contributed by atoms with Crippen molar-refractivity contribution in [1.29, 1.82) is 0 Å². The minimum atomic E-state index is -4.79. The van der Waals surface area contributed by atoms with Gasteiger partial charge in [0.15, 0.2) is 5.25 Å². The molecule has 1 aromatic rings. The highest BCUT2D eigenvalue weighted by molar-refractivity contribution is 7.87. The zero-order valence-electron chi connectivity index (χ0n) is 16.4. The highest BCUT2D eigenvalue weighted by atomic mass is 32.2. The number of imide groups is 1. The zero-order valence-corrected chi connectivity index (χ0v) is 17.2. The Morgan fingerprint density at radius 1 is 1.38 bits per heavy atom. The van der Waals surface area contributed by atoms with Crippen molar-refractivity contribution in [2.24, 2.45) is 5.11 Å². The quantitative estimate of drug-likeness (QED) is 0.0699. The van der Waals surface area contributed by atoms with Gasteiger partial charge in [-0.15, -0.1) is 5.06 Å². The van der Waals surface area contributed by atoms with Crippen LogP contribution >= 0.6 is 0 Å². The Bertz CT molecular complexity index is 1080. The first kappa shape index (κ1) is 24.5. The number of hydroxylamine groups is 2. The van der Waals surface area contributed by atoms with Gasteiger partial charge in [0.1, 0.15) is 5.69 Å². The van der Waals surface area contributed by atoms with Gasteiger partial charge in [0, 0.05) is 29.6 Å². The van der Waals surface area contributed by atoms with Crippen LogP contribution in [0.3, 0.4) is 0 Å². The van der Waals surface area contributed by atoms with Crippen molar-refractivity contribution in [3.63, 3.8) is 0 Å². The Labute approximate surface area is 180 Å². The van der Waals surface area contributed by atoms with E-state index >= 15 is 0 Å². The van der Waals surface area contributed by atoms with Crippen molar-refractivity contribution in [2.45, 2.75) is 37.4 Å². The van der Waals surface area contributed by atoms with E-state index in [0.717, 1.165) is 6.07 Å². The van der Waals surface area contributed by atoms with Crippen LogP contribution in [0.4, 0.5) is 17.1 Å². The van der Waals surface area contributed by atoms with Crippen LogP contribution in [-0.2, 0) is 29.3 Å². The predicted octanol–water partition coefficient (Wildman–Crippen LogP) is 1.98. The summed E-state index contributed by atoms with van der Waals surface area (Å²) in [5.41, 5.74) is 8.46. The molecule has 32 heavy (non-hydrogen) atoms. The first-order chi connectivity index (χ1) is 15.0. The molecule has 1 saturated heterocycles. The summed E-state index contributed by atoms with van der Waals surface area (Å²) >= 11 is 0. The number of anilines is 1. The van der Waals surface area contributed by atoms with E-state index in [0.29, 0.717) is 25.8 Å². The van der Waals surface area contributed by atoms with Crippen LogP contribution in [-0.4, -0.2) is 52.5 Å². The first-order valence-corrected chi connectivity index (χ1v) is 10.7. The topological polar surface area (TPSA) is 222 Å². The van der Waals surface area contributed by atoms with E-state index in [1.807, 2.05) is 0 Å². The summed E-state index contributed by atoms with van der Waals surface area (Å²) in [7, 11) is -4.79. The highest BCUT2D eigenvalue weighted by Gasteiger charge is 2.48. The molecule has 1 aromatic carbocycles. The van der Waals surface area contributed by atoms with Gasteiger partial charge in [0.05, 0.1) is 11.3 Å². The molecule has 0 saturated carbocycles. The molecule has 0 aromatic heterocycles. The van der Waals surface area contributed by atoms with E-state index < -0.39 is 44.5 Å². The van der Waals surface area contributed by atoms with Crippen LogP contribution < -0.4 is 5.32 Å². The predicted molar refractivity (Wildman–Crippen MR) is 107 cm³/mol. The van der Waals surface area contributed by atoms with Gasteiger partial charge in [-0.3, -0.25) is 24.3 Å². The summed E-state index contributed by atoms with van der Waals surface area (Å²) in [4.78, 5) is 52.9. The van der Waals surface area contributed by atoms with Crippen molar-refractivity contribution < 1.29 is 37.1 Å². The Morgan fingerprint density at radius 2 is 2.09 bits per heavy atom. The fraction of sp³-hybridized carbons (Fsp3) is 0.438. The molecule has 15 nitrogen and oxygen atoms in total. The van der Waals surface area contributed by atoms with E-state index in [-0.39, 0.29) is 28.5 Å². The highest BCUT2D eigenvalue weighted by Crippen LogP contribution is 2.29. The number of nitro groups is 1. The first-order valence-electron chi connectivity index (χ1n) is 9.16. The second-order valence-electron chi connectivity index (χ2n) is 6.58. The average Bonchev–Trinajstić information content (AvgIpc) is 3.00. The van der Waals surface area contributed by atoms with E-state index in [1.165, 1.54) is 12.1 Å². The summed E-state index contributed by atoms with van der Waals surface area (Å²) in [5.74, 6) is -3.31. The minimum Gasteiger partial charge on any atom is -0.379 e. The molecule has 1 atom stereocenters. The third-order valence-electron chi connectivity index (χ3n) is 4.33. The number of benzene rings is 1. The Hall–Kier alpha value is -3.75. The molecule has 2 rings (SSSR count). The standard InChI is InChI=1S/C16H18N6O9S/c17-20-19-10-5-6-11(12(8-10)22(26)27)18-7-3-1-2-4-15(24)31-21-14(23)9-13(16(21)25)32(28,29)30/h5-6,8,13,18H,1-4,7,9H2,(H,28,29,30). The summed E-state index contributed by atoms with van der Waals surface area (Å²) < 4.78 is 31.0. The molecular weight excluding hydrogens is 452 g/mol. The second kappa shape index (κ2) is 10.5. The van der Waals surface area contributed by atoms with E-state index in [2.05, 4.69) is 20.2 Å². The van der Waals surface area contributed by atoms with Crippen molar-refractivity contribution >= 4 is 45.0 Å². The van der Waals surface area contributed by atoms with Crippen molar-refractivity contribution in [2.75, 3.05) is 11.9 Å². The fourth-order valence-corrected chi connectivity index (χ4v) is 3.49. The second-order valence-corrected chi connectivity index (χ2v) is 8.18. The van der Waals surface area contributed by atoms with Crippen LogP contribution in [0.1, 0.15) is 32.1 Å². The van der Waals surface area contributed by atoms with Crippen LogP contribution in [0.15, 0.2) is 23.3 Å². The molecule has 1 unspecified atom stereocenters. The maximum atomic E-state index is 11.8. The molecule has 0 bridgehead atoms. The Balaban J connectivity index is 1.75. The number of hydrogen-bond acceptors (Lipinski definition) is 10. The molecule has 0 radical (unpaired) electrons. The summed E-state index contributed by atoms with van der Waals surface area (Å²) in [6.07, 6.45) is 0.314. The van der Waals surface area contributed by atoms with Gasteiger partial charge in [0.2, 0.25) is 0 Å². The fourth-order valence-electron chi connectivity index (χ4n) is 2.79. The summed E-state index contributed by atoms with van der Waals surface area (Å²) in [6.45, 7) is 0.329. The number of nitrogens with one attached hydrogen (secondary N) is 1. The SMILES string of the molecule is [N-]=[N+]=Nc1ccc(NCCCCCC(=O)ON2C(=O)CC(S(=O)(=O)O)C2=O)c([N+](=O)[O-])c1. The van der Waals surface area contributed by atoms with Gasteiger partial charge in [-0.2, -0.15) is 8.42 Å². The largest absolute Gasteiger partial charge is 0.379 e. The van der Waals surface area contributed by atoms with Crippen LogP contribution in [0.5, 0.6) is 0 Å². The maximum absolute atomic E-state index is 11.8. The summed E-state index contributed by atoms with van der Waals surface area (Å²) in [6, 6.07) is 3.95. The van der Waals surface area contributed by atoms with Crippen molar-refractivity contribution in [1.82, 2.24) is 5.06 Å². The van der Waals surface area contributed by atoms with Crippen molar-refractivity contribution in [3.8, 4) is 0 Å². The number of rotatable bonds is 11. The van der Waals surface area contributed by atoms with Gasteiger partial charge in [-0.1, -0.05) is 17.6 Å². The molecular formula is C16H18N6O9S. The zero-order chi connectivity index (χ0) is 23.9. The molecule has 16 heteroatoms.